The third-order valence-electron chi connectivity index (χ3n) is 1.62. The molecular weight excluding hydrogens is 168 g/mol. The van der Waals surface area contributed by atoms with Gasteiger partial charge in [0, 0.05) is 0 Å². The molecule has 0 unspecified atom stereocenters. The van der Waals surface area contributed by atoms with Crippen molar-refractivity contribution in [2.75, 3.05) is 13.7 Å². The van der Waals surface area contributed by atoms with E-state index in [1.165, 1.54) is 7.11 Å². The average molecular weight is 182 g/mol. The number of phenolic OH excluding ortho intramolecular Hbond substituents is 1. The molecule has 0 aliphatic heterocycles. The zero-order valence-corrected chi connectivity index (χ0v) is 7.91. The summed E-state index contributed by atoms with van der Waals surface area (Å²) in [5.41, 5.74) is 0. The van der Waals surface area contributed by atoms with Crippen molar-refractivity contribution in [3.05, 3.63) is 18.2 Å². The highest BCUT2D eigenvalue weighted by molar-refractivity contribution is 5.50. The number of hydrogen-bond acceptors (Lipinski definition) is 3. The van der Waals surface area contributed by atoms with E-state index in [9.17, 15) is 5.11 Å². The first kappa shape index (κ1) is 9.71. The topological polar surface area (TPSA) is 38.7 Å². The molecule has 0 aliphatic rings. The summed E-state index contributed by atoms with van der Waals surface area (Å²) in [5, 5.41) is 9.39. The van der Waals surface area contributed by atoms with Crippen LogP contribution in [0.25, 0.3) is 0 Å². The van der Waals surface area contributed by atoms with Crippen molar-refractivity contribution in [2.24, 2.45) is 0 Å². The molecule has 1 rings (SSSR count). The molecule has 0 fully saturated rings. The van der Waals surface area contributed by atoms with Gasteiger partial charge in [0.2, 0.25) is 5.75 Å². The first-order valence-electron chi connectivity index (χ1n) is 4.28. The number of hydrogen-bond donors (Lipinski definition) is 1. The van der Waals surface area contributed by atoms with E-state index in [0.717, 1.165) is 6.42 Å². The van der Waals surface area contributed by atoms with E-state index in [0.29, 0.717) is 18.1 Å². The van der Waals surface area contributed by atoms with Crippen LogP contribution in [-0.2, 0) is 0 Å². The molecule has 0 saturated carbocycles. The van der Waals surface area contributed by atoms with Gasteiger partial charge in [-0.05, 0) is 18.6 Å². The predicted octanol–water partition coefficient (Wildman–Crippen LogP) is 2.19. The molecule has 3 heteroatoms. The van der Waals surface area contributed by atoms with E-state index in [-0.39, 0.29) is 5.75 Å². The first-order valence-corrected chi connectivity index (χ1v) is 4.28. The van der Waals surface area contributed by atoms with Gasteiger partial charge in [0.25, 0.3) is 0 Å². The van der Waals surface area contributed by atoms with Crippen LogP contribution in [0.5, 0.6) is 17.2 Å². The molecule has 13 heavy (non-hydrogen) atoms. The molecule has 0 aliphatic carbocycles. The maximum Gasteiger partial charge on any atom is 0.203 e. The monoisotopic (exact) mass is 182 g/mol. The van der Waals surface area contributed by atoms with E-state index in [1.807, 2.05) is 6.92 Å². The zero-order valence-electron chi connectivity index (χ0n) is 7.91. The summed E-state index contributed by atoms with van der Waals surface area (Å²) < 4.78 is 10.4. The number of aromatic hydroxyl groups is 1. The molecular formula is C10H14O3. The summed E-state index contributed by atoms with van der Waals surface area (Å²) in [6.07, 6.45) is 0.929. The van der Waals surface area contributed by atoms with Gasteiger partial charge < -0.3 is 14.6 Å². The fourth-order valence-corrected chi connectivity index (χ4v) is 1.04. The van der Waals surface area contributed by atoms with Crippen LogP contribution in [0.4, 0.5) is 0 Å². The lowest BCUT2D eigenvalue weighted by molar-refractivity contribution is 0.286. The highest BCUT2D eigenvalue weighted by atomic mass is 16.5. The van der Waals surface area contributed by atoms with Crippen LogP contribution in [0.2, 0.25) is 0 Å². The van der Waals surface area contributed by atoms with Gasteiger partial charge in [0.15, 0.2) is 11.5 Å². The number of benzene rings is 1. The summed E-state index contributed by atoms with van der Waals surface area (Å²) in [4.78, 5) is 0. The van der Waals surface area contributed by atoms with Gasteiger partial charge in [0.05, 0.1) is 13.7 Å². The summed E-state index contributed by atoms with van der Waals surface area (Å²) in [6.45, 7) is 2.65. The molecule has 0 radical (unpaired) electrons. The molecule has 1 aromatic rings. The fraction of sp³-hybridized carbons (Fsp3) is 0.400. The van der Waals surface area contributed by atoms with Crippen LogP contribution in [0.15, 0.2) is 18.2 Å². The lowest BCUT2D eigenvalue weighted by atomic mass is 10.3. The Morgan fingerprint density at radius 2 is 2.15 bits per heavy atom. The molecule has 1 aromatic carbocycles. The molecule has 3 nitrogen and oxygen atoms in total. The van der Waals surface area contributed by atoms with Gasteiger partial charge in [-0.15, -0.1) is 0 Å². The van der Waals surface area contributed by atoms with Crippen LogP contribution >= 0.6 is 0 Å². The largest absolute Gasteiger partial charge is 0.504 e. The molecule has 0 aromatic heterocycles. The van der Waals surface area contributed by atoms with Crippen LogP contribution in [0.3, 0.4) is 0 Å². The number of rotatable bonds is 4. The number of methoxy groups -OCH3 is 1. The quantitative estimate of drug-likeness (QED) is 0.775. The standard InChI is InChI=1S/C10H14O3/c1-3-7-13-9-6-4-5-8(11)10(9)12-2/h4-6,11H,3,7H2,1-2H3. The van der Waals surface area contributed by atoms with Crippen LogP contribution in [0, 0.1) is 0 Å². The highest BCUT2D eigenvalue weighted by Gasteiger charge is 2.07. The van der Waals surface area contributed by atoms with E-state index in [1.54, 1.807) is 18.2 Å². The maximum absolute atomic E-state index is 9.39. The van der Waals surface area contributed by atoms with E-state index in [4.69, 9.17) is 9.47 Å². The Morgan fingerprint density at radius 3 is 2.77 bits per heavy atom. The van der Waals surface area contributed by atoms with Gasteiger partial charge in [-0.3, -0.25) is 0 Å². The average Bonchev–Trinajstić information content (AvgIpc) is 2.15. The smallest absolute Gasteiger partial charge is 0.203 e. The third-order valence-corrected chi connectivity index (χ3v) is 1.62. The fourth-order valence-electron chi connectivity index (χ4n) is 1.04. The number of ether oxygens (including phenoxy) is 2. The van der Waals surface area contributed by atoms with Crippen molar-refractivity contribution in [3.8, 4) is 17.2 Å². The molecule has 0 amide bonds. The van der Waals surface area contributed by atoms with Crippen LogP contribution in [-0.4, -0.2) is 18.8 Å². The van der Waals surface area contributed by atoms with Gasteiger partial charge in [-0.2, -0.15) is 0 Å². The zero-order chi connectivity index (χ0) is 9.68. The van der Waals surface area contributed by atoms with Crippen molar-refractivity contribution < 1.29 is 14.6 Å². The van der Waals surface area contributed by atoms with Gasteiger partial charge in [-0.25, -0.2) is 0 Å². The molecule has 1 N–H and O–H groups in total. The molecule has 72 valence electrons. The highest BCUT2D eigenvalue weighted by Crippen LogP contribution is 2.35. The van der Waals surface area contributed by atoms with Gasteiger partial charge in [0.1, 0.15) is 0 Å². The Morgan fingerprint density at radius 1 is 1.38 bits per heavy atom. The Bertz CT molecular complexity index is 271. The van der Waals surface area contributed by atoms with Crippen LogP contribution < -0.4 is 9.47 Å². The molecule has 0 atom stereocenters. The minimum Gasteiger partial charge on any atom is -0.504 e. The Hall–Kier alpha value is -1.38. The number of phenols is 1. The van der Waals surface area contributed by atoms with Crippen molar-refractivity contribution in [3.63, 3.8) is 0 Å². The van der Waals surface area contributed by atoms with Crippen molar-refractivity contribution >= 4 is 0 Å². The van der Waals surface area contributed by atoms with Crippen LogP contribution in [0.1, 0.15) is 13.3 Å². The Labute approximate surface area is 77.9 Å². The Balaban J connectivity index is 2.85. The van der Waals surface area contributed by atoms with Crippen molar-refractivity contribution in [2.45, 2.75) is 13.3 Å². The molecule has 0 heterocycles. The molecule has 0 spiro atoms. The number of para-hydroxylation sites is 1. The normalized spacial score (nSPS) is 9.69. The minimum atomic E-state index is 0.108. The lowest BCUT2D eigenvalue weighted by Gasteiger charge is -2.10. The second kappa shape index (κ2) is 4.60. The lowest BCUT2D eigenvalue weighted by Crippen LogP contribution is -1.97. The SMILES string of the molecule is CCCOc1cccc(O)c1OC. The summed E-state index contributed by atoms with van der Waals surface area (Å²) in [5.74, 6) is 1.09. The summed E-state index contributed by atoms with van der Waals surface area (Å²) >= 11 is 0. The molecule has 0 saturated heterocycles. The summed E-state index contributed by atoms with van der Waals surface area (Å²) in [7, 11) is 1.51. The first-order chi connectivity index (χ1) is 6.29. The van der Waals surface area contributed by atoms with E-state index in [2.05, 4.69) is 0 Å². The van der Waals surface area contributed by atoms with Crippen molar-refractivity contribution in [1.82, 2.24) is 0 Å². The third kappa shape index (κ3) is 2.28. The Kier molecular flexibility index (Phi) is 3.43. The predicted molar refractivity (Wildman–Crippen MR) is 50.4 cm³/mol. The second-order valence-corrected chi connectivity index (χ2v) is 2.66. The minimum absolute atomic E-state index is 0.108. The van der Waals surface area contributed by atoms with E-state index < -0.39 is 0 Å². The van der Waals surface area contributed by atoms with E-state index >= 15 is 0 Å². The van der Waals surface area contributed by atoms with Crippen molar-refractivity contribution in [1.29, 1.82) is 0 Å². The summed E-state index contributed by atoms with van der Waals surface area (Å²) in [6, 6.07) is 5.06. The van der Waals surface area contributed by atoms with Gasteiger partial charge >= 0.3 is 0 Å². The molecule has 0 bridgehead atoms. The van der Waals surface area contributed by atoms with Gasteiger partial charge in [-0.1, -0.05) is 13.0 Å². The maximum atomic E-state index is 9.39. The second-order valence-electron chi connectivity index (χ2n) is 2.66.